The first-order valence-electron chi connectivity index (χ1n) is 12.1. The molecule has 1 atom stereocenters. The third kappa shape index (κ3) is 6.20. The van der Waals surface area contributed by atoms with Crippen molar-refractivity contribution in [3.63, 3.8) is 0 Å². The second kappa shape index (κ2) is 10.2. The Labute approximate surface area is 200 Å². The summed E-state index contributed by atoms with van der Waals surface area (Å²) in [6, 6.07) is 3.65. The molecule has 2 aromatic rings. The maximum atomic E-state index is 13.4. The van der Waals surface area contributed by atoms with Crippen molar-refractivity contribution in [2.75, 3.05) is 44.7 Å². The Kier molecular flexibility index (Phi) is 7.30. The lowest BCUT2D eigenvalue weighted by Gasteiger charge is -2.25. The van der Waals surface area contributed by atoms with Gasteiger partial charge < -0.3 is 15.0 Å². The smallest absolute Gasteiger partial charge is 0.239 e. The van der Waals surface area contributed by atoms with Crippen molar-refractivity contribution >= 4 is 11.7 Å². The number of alkyl halides is 1. The number of hydrogen-bond acceptors (Lipinski definition) is 7. The zero-order chi connectivity index (χ0) is 24.3. The van der Waals surface area contributed by atoms with Crippen LogP contribution in [0.2, 0.25) is 0 Å². The maximum Gasteiger partial charge on any atom is 0.239 e. The largest absolute Gasteiger partial charge is 0.492 e. The van der Waals surface area contributed by atoms with E-state index in [1.54, 1.807) is 6.20 Å². The van der Waals surface area contributed by atoms with E-state index < -0.39 is 6.17 Å². The summed E-state index contributed by atoms with van der Waals surface area (Å²) >= 11 is 0. The van der Waals surface area contributed by atoms with Gasteiger partial charge in [-0.1, -0.05) is 0 Å². The second-order valence-electron chi connectivity index (χ2n) is 10.2. The molecule has 0 radical (unpaired) electrons. The summed E-state index contributed by atoms with van der Waals surface area (Å²) in [7, 11) is 1.89. The number of amides is 1. The van der Waals surface area contributed by atoms with Crippen LogP contribution in [0.1, 0.15) is 44.9 Å². The maximum absolute atomic E-state index is 13.4. The average molecular weight is 471 g/mol. The summed E-state index contributed by atoms with van der Waals surface area (Å²) in [6.45, 7) is 8.56. The van der Waals surface area contributed by atoms with Crippen molar-refractivity contribution in [1.29, 1.82) is 0 Å². The van der Waals surface area contributed by atoms with Crippen LogP contribution in [-0.2, 0) is 17.6 Å². The molecular formula is C25H35FN6O2. The number of halogens is 1. The molecule has 0 saturated carbocycles. The molecule has 1 amide bonds. The number of hydrogen-bond donors (Lipinski definition) is 1. The summed E-state index contributed by atoms with van der Waals surface area (Å²) in [4.78, 5) is 30.6. The van der Waals surface area contributed by atoms with E-state index in [-0.39, 0.29) is 18.0 Å². The minimum Gasteiger partial charge on any atom is -0.492 e. The molecule has 1 N–H and O–H groups in total. The third-order valence-corrected chi connectivity index (χ3v) is 6.02. The number of aryl methyl sites for hydroxylation is 1. The zero-order valence-electron chi connectivity index (χ0n) is 20.6. The fourth-order valence-electron chi connectivity index (χ4n) is 4.50. The minimum absolute atomic E-state index is 0.0486. The Morgan fingerprint density at radius 2 is 2.15 bits per heavy atom. The SMILES string of the molecule is CN(CC(=O)NC(C)(C)C)c1nc(-c2cc(OCCN3CC[C@@H](F)C3)ccn2)nc2c1CCC2. The lowest BCUT2D eigenvalue weighted by Crippen LogP contribution is -2.45. The number of pyridine rings is 1. The fourth-order valence-corrected chi connectivity index (χ4v) is 4.50. The number of likely N-dealkylation sites (tertiary alicyclic amines) is 1. The summed E-state index contributed by atoms with van der Waals surface area (Å²) in [6.07, 6.45) is 4.38. The van der Waals surface area contributed by atoms with E-state index in [4.69, 9.17) is 14.7 Å². The van der Waals surface area contributed by atoms with Gasteiger partial charge in [-0.25, -0.2) is 14.4 Å². The Bertz CT molecular complexity index is 1020. The molecule has 0 aromatic carbocycles. The van der Waals surface area contributed by atoms with Gasteiger partial charge in [0.1, 0.15) is 30.0 Å². The Balaban J connectivity index is 1.49. The predicted octanol–water partition coefficient (Wildman–Crippen LogP) is 2.80. The molecule has 1 aliphatic carbocycles. The summed E-state index contributed by atoms with van der Waals surface area (Å²) in [5, 5.41) is 3.01. The van der Waals surface area contributed by atoms with Crippen LogP contribution < -0.4 is 15.0 Å². The normalized spacial score (nSPS) is 18.1. The molecule has 3 heterocycles. The van der Waals surface area contributed by atoms with Crippen LogP contribution in [0, 0.1) is 0 Å². The van der Waals surface area contributed by atoms with E-state index >= 15 is 0 Å². The number of nitrogens with one attached hydrogen (secondary N) is 1. The minimum atomic E-state index is -0.726. The Morgan fingerprint density at radius 1 is 1.32 bits per heavy atom. The van der Waals surface area contributed by atoms with Crippen LogP contribution in [0.3, 0.4) is 0 Å². The van der Waals surface area contributed by atoms with Gasteiger partial charge >= 0.3 is 0 Å². The van der Waals surface area contributed by atoms with Crippen molar-refractivity contribution in [3.05, 3.63) is 29.6 Å². The van der Waals surface area contributed by atoms with E-state index in [1.807, 2.05) is 44.9 Å². The van der Waals surface area contributed by atoms with Gasteiger partial charge in [0.2, 0.25) is 5.91 Å². The van der Waals surface area contributed by atoms with Crippen molar-refractivity contribution in [2.24, 2.45) is 0 Å². The number of aromatic nitrogens is 3. The highest BCUT2D eigenvalue weighted by Gasteiger charge is 2.25. The highest BCUT2D eigenvalue weighted by atomic mass is 19.1. The molecule has 1 saturated heterocycles. The van der Waals surface area contributed by atoms with Gasteiger partial charge in [0.05, 0.1) is 6.54 Å². The molecule has 0 unspecified atom stereocenters. The van der Waals surface area contributed by atoms with Gasteiger partial charge in [-0.2, -0.15) is 0 Å². The fraction of sp³-hybridized carbons (Fsp3) is 0.600. The van der Waals surface area contributed by atoms with Crippen LogP contribution in [0.5, 0.6) is 5.75 Å². The monoisotopic (exact) mass is 470 g/mol. The highest BCUT2D eigenvalue weighted by molar-refractivity contribution is 5.82. The number of ether oxygens (including phenoxy) is 1. The standard InChI is InChI=1S/C25H35FN6O2/c1-25(2,3)30-22(33)16-31(4)24-19-6-5-7-20(19)28-23(29-24)21-14-18(8-10-27-21)34-13-12-32-11-9-17(26)15-32/h8,10,14,17H,5-7,9,11-13,15-16H2,1-4H3,(H,30,33)/t17-/m1/s1. The van der Waals surface area contributed by atoms with Crippen LogP contribution in [0.15, 0.2) is 18.3 Å². The van der Waals surface area contributed by atoms with Crippen LogP contribution in [0.4, 0.5) is 10.2 Å². The first-order chi connectivity index (χ1) is 16.2. The number of carbonyl (C=O) groups excluding carboxylic acids is 1. The molecule has 2 aromatic heterocycles. The van der Waals surface area contributed by atoms with Gasteiger partial charge in [-0.15, -0.1) is 0 Å². The number of fused-ring (bicyclic) bond motifs is 1. The number of nitrogens with zero attached hydrogens (tertiary/aromatic N) is 5. The molecule has 184 valence electrons. The van der Waals surface area contributed by atoms with Crippen molar-refractivity contribution in [2.45, 2.75) is 58.2 Å². The lowest BCUT2D eigenvalue weighted by molar-refractivity contribution is -0.121. The molecule has 4 rings (SSSR count). The lowest BCUT2D eigenvalue weighted by atomic mass is 10.1. The van der Waals surface area contributed by atoms with Gasteiger partial charge in [-0.3, -0.25) is 14.7 Å². The van der Waals surface area contributed by atoms with Gasteiger partial charge in [0.15, 0.2) is 5.82 Å². The van der Waals surface area contributed by atoms with Gasteiger partial charge in [0.25, 0.3) is 0 Å². The molecule has 1 aliphatic heterocycles. The summed E-state index contributed by atoms with van der Waals surface area (Å²) in [5.74, 6) is 1.95. The number of rotatable bonds is 8. The Hall–Kier alpha value is -2.81. The number of anilines is 1. The van der Waals surface area contributed by atoms with E-state index in [0.717, 1.165) is 42.9 Å². The van der Waals surface area contributed by atoms with E-state index in [1.165, 1.54) is 0 Å². The summed E-state index contributed by atoms with van der Waals surface area (Å²) < 4.78 is 19.3. The molecular weight excluding hydrogens is 435 g/mol. The van der Waals surface area contributed by atoms with Crippen LogP contribution in [-0.4, -0.2) is 77.3 Å². The molecule has 34 heavy (non-hydrogen) atoms. The van der Waals surface area contributed by atoms with Gasteiger partial charge in [0, 0.05) is 55.7 Å². The van der Waals surface area contributed by atoms with E-state index in [9.17, 15) is 9.18 Å². The molecule has 9 heteroatoms. The second-order valence-corrected chi connectivity index (χ2v) is 10.2. The van der Waals surface area contributed by atoms with Crippen LogP contribution in [0.25, 0.3) is 11.5 Å². The first-order valence-corrected chi connectivity index (χ1v) is 12.1. The molecule has 0 spiro atoms. The number of likely N-dealkylation sites (N-methyl/N-ethyl adjacent to an activating group) is 1. The third-order valence-electron chi connectivity index (χ3n) is 6.02. The van der Waals surface area contributed by atoms with Gasteiger partial charge in [-0.05, 0) is 52.5 Å². The quantitative estimate of drug-likeness (QED) is 0.635. The predicted molar refractivity (Wildman–Crippen MR) is 130 cm³/mol. The number of carbonyl (C=O) groups is 1. The first kappa shape index (κ1) is 24.3. The summed E-state index contributed by atoms with van der Waals surface area (Å²) in [5.41, 5.74) is 2.47. The van der Waals surface area contributed by atoms with E-state index in [0.29, 0.717) is 43.4 Å². The molecule has 1 fully saturated rings. The average Bonchev–Trinajstić information content (AvgIpc) is 3.40. The molecule has 2 aliphatic rings. The van der Waals surface area contributed by atoms with E-state index in [2.05, 4.69) is 15.2 Å². The van der Waals surface area contributed by atoms with Crippen molar-refractivity contribution in [1.82, 2.24) is 25.2 Å². The highest BCUT2D eigenvalue weighted by Crippen LogP contribution is 2.31. The van der Waals surface area contributed by atoms with Crippen molar-refractivity contribution < 1.29 is 13.9 Å². The van der Waals surface area contributed by atoms with Crippen LogP contribution >= 0.6 is 0 Å². The molecule has 0 bridgehead atoms. The topological polar surface area (TPSA) is 83.5 Å². The Morgan fingerprint density at radius 3 is 2.88 bits per heavy atom. The zero-order valence-corrected chi connectivity index (χ0v) is 20.6. The van der Waals surface area contributed by atoms with Crippen molar-refractivity contribution in [3.8, 4) is 17.3 Å². The molecule has 8 nitrogen and oxygen atoms in total.